The third kappa shape index (κ3) is 3.39. The van der Waals surface area contributed by atoms with Gasteiger partial charge in [0, 0.05) is 32.5 Å². The molecule has 232 valence electrons. The highest BCUT2D eigenvalue weighted by Crippen LogP contribution is 2.50. The van der Waals surface area contributed by atoms with Gasteiger partial charge in [0.25, 0.3) is 0 Å². The van der Waals surface area contributed by atoms with Crippen molar-refractivity contribution in [3.63, 3.8) is 0 Å². The van der Waals surface area contributed by atoms with Crippen LogP contribution in [0.4, 0.5) is 0 Å². The molecule has 6 heteroatoms. The predicted molar refractivity (Wildman–Crippen MR) is 196 cm³/mol. The predicted octanol–water partition coefficient (Wildman–Crippen LogP) is 10.3. The summed E-state index contributed by atoms with van der Waals surface area (Å²) < 4.78 is 16.9. The van der Waals surface area contributed by atoms with Crippen molar-refractivity contribution in [2.45, 2.75) is 12.0 Å². The first-order valence-electron chi connectivity index (χ1n) is 16.6. The van der Waals surface area contributed by atoms with Gasteiger partial charge in [-0.2, -0.15) is 10.5 Å². The van der Waals surface area contributed by atoms with Crippen LogP contribution < -0.4 is 4.74 Å². The maximum absolute atomic E-state index is 10.8. The Kier molecular flexibility index (Phi) is 5.27. The summed E-state index contributed by atoms with van der Waals surface area (Å²) in [5.41, 5.74) is 10.1. The second kappa shape index (κ2) is 9.76. The minimum absolute atomic E-state index is 0.0195. The summed E-state index contributed by atoms with van der Waals surface area (Å²) in [5, 5.41) is 26.9. The van der Waals surface area contributed by atoms with E-state index in [-0.39, 0.29) is 12.0 Å². The standard InChI is InChI=1S/C44H24N4O2/c45-23-25-22-36(48-32-14-6-2-10-28(32)42-34(48)18-20-40-44(42)30-12-4-8-16-38(30)50-40)26(24-46)21-35(25)47-31-13-5-1-9-27(31)41-33(47)17-19-39-43(41)29-11-3-7-15-37(29)49-39/h1-22,39,43H. The van der Waals surface area contributed by atoms with Gasteiger partial charge in [-0.05, 0) is 66.2 Å². The number of para-hydroxylation sites is 4. The van der Waals surface area contributed by atoms with Crippen LogP contribution in [0.5, 0.6) is 5.75 Å². The summed E-state index contributed by atoms with van der Waals surface area (Å²) in [6, 6.07) is 45.7. The van der Waals surface area contributed by atoms with Gasteiger partial charge in [0.2, 0.25) is 0 Å². The van der Waals surface area contributed by atoms with Crippen LogP contribution >= 0.6 is 0 Å². The molecule has 0 radical (unpaired) electrons. The lowest BCUT2D eigenvalue weighted by atomic mass is 9.83. The van der Waals surface area contributed by atoms with Crippen molar-refractivity contribution < 1.29 is 9.15 Å². The summed E-state index contributed by atoms with van der Waals surface area (Å²) in [7, 11) is 0. The Labute approximate surface area is 285 Å². The van der Waals surface area contributed by atoms with Gasteiger partial charge in [-0.25, -0.2) is 0 Å². The molecule has 3 aromatic heterocycles. The molecule has 0 saturated heterocycles. The number of nitrogens with zero attached hydrogens (tertiary/aromatic N) is 4. The van der Waals surface area contributed by atoms with Crippen LogP contribution in [0.2, 0.25) is 0 Å². The van der Waals surface area contributed by atoms with E-state index in [1.165, 1.54) is 5.56 Å². The normalized spacial score (nSPS) is 16.0. The molecule has 0 amide bonds. The van der Waals surface area contributed by atoms with Crippen molar-refractivity contribution in [1.82, 2.24) is 9.13 Å². The fourth-order valence-corrected chi connectivity index (χ4v) is 8.59. The van der Waals surface area contributed by atoms with E-state index in [1.54, 1.807) is 0 Å². The summed E-state index contributed by atoms with van der Waals surface area (Å²) in [6.07, 6.45) is 4.12. The minimum Gasteiger partial charge on any atom is -0.485 e. The summed E-state index contributed by atoms with van der Waals surface area (Å²) in [5.74, 6) is 0.920. The van der Waals surface area contributed by atoms with Crippen LogP contribution in [0.25, 0.3) is 72.1 Å². The molecule has 50 heavy (non-hydrogen) atoms. The maximum atomic E-state index is 10.8. The van der Waals surface area contributed by atoms with E-state index in [4.69, 9.17) is 9.15 Å². The Hall–Kier alpha value is -7.02. The largest absolute Gasteiger partial charge is 0.485 e. The molecule has 0 bridgehead atoms. The highest BCUT2D eigenvalue weighted by Gasteiger charge is 2.40. The highest BCUT2D eigenvalue weighted by atomic mass is 16.5. The summed E-state index contributed by atoms with van der Waals surface area (Å²) >= 11 is 0. The van der Waals surface area contributed by atoms with Gasteiger partial charge in [-0.1, -0.05) is 72.8 Å². The lowest BCUT2D eigenvalue weighted by Gasteiger charge is -2.22. The van der Waals surface area contributed by atoms with Gasteiger partial charge in [0.15, 0.2) is 0 Å². The van der Waals surface area contributed by atoms with Crippen LogP contribution in [0.3, 0.4) is 0 Å². The molecule has 0 saturated carbocycles. The van der Waals surface area contributed by atoms with Gasteiger partial charge in [-0.3, -0.25) is 0 Å². The number of hydrogen-bond donors (Lipinski definition) is 0. The number of hydrogen-bond acceptors (Lipinski definition) is 4. The Balaban J connectivity index is 1.20. The van der Waals surface area contributed by atoms with Crippen molar-refractivity contribution in [1.29, 1.82) is 10.5 Å². The number of nitriles is 2. The second-order valence-electron chi connectivity index (χ2n) is 13.0. The van der Waals surface area contributed by atoms with Gasteiger partial charge in [-0.15, -0.1) is 0 Å². The number of aromatic nitrogens is 2. The number of ether oxygens (including phenoxy) is 1. The quantitative estimate of drug-likeness (QED) is 0.188. The lowest BCUT2D eigenvalue weighted by molar-refractivity contribution is 0.267. The molecule has 11 rings (SSSR count). The third-order valence-corrected chi connectivity index (χ3v) is 10.6. The molecule has 6 nitrogen and oxygen atoms in total. The van der Waals surface area contributed by atoms with E-state index < -0.39 is 0 Å². The van der Waals surface area contributed by atoms with Gasteiger partial charge in [0.05, 0.1) is 50.7 Å². The average molecular weight is 641 g/mol. The molecule has 1 aliphatic carbocycles. The van der Waals surface area contributed by atoms with E-state index in [1.807, 2.05) is 66.7 Å². The Morgan fingerprint density at radius 1 is 0.580 bits per heavy atom. The first-order chi connectivity index (χ1) is 24.7. The van der Waals surface area contributed by atoms with Crippen LogP contribution in [0.1, 0.15) is 33.9 Å². The third-order valence-electron chi connectivity index (χ3n) is 10.6. The number of fused-ring (bicyclic) bond motifs is 14. The van der Waals surface area contributed by atoms with Crippen LogP contribution in [0, 0.1) is 22.7 Å². The summed E-state index contributed by atoms with van der Waals surface area (Å²) in [6.45, 7) is 0. The Morgan fingerprint density at radius 3 is 2.04 bits per heavy atom. The van der Waals surface area contributed by atoms with E-state index in [2.05, 4.69) is 88.0 Å². The van der Waals surface area contributed by atoms with Crippen LogP contribution in [-0.2, 0) is 0 Å². The molecule has 0 N–H and O–H groups in total. The van der Waals surface area contributed by atoms with Crippen molar-refractivity contribution in [2.24, 2.45) is 0 Å². The minimum atomic E-state index is -0.110. The Bertz CT molecular complexity index is 3070. The Morgan fingerprint density at radius 2 is 1.24 bits per heavy atom. The van der Waals surface area contributed by atoms with Crippen molar-refractivity contribution in [3.8, 4) is 29.3 Å². The molecule has 2 unspecified atom stereocenters. The monoisotopic (exact) mass is 640 g/mol. The molecule has 2 aliphatic rings. The summed E-state index contributed by atoms with van der Waals surface area (Å²) in [4.78, 5) is 0. The zero-order valence-corrected chi connectivity index (χ0v) is 26.5. The zero-order valence-electron chi connectivity index (χ0n) is 26.5. The second-order valence-corrected chi connectivity index (χ2v) is 13.0. The number of benzene rings is 6. The molecule has 6 aromatic carbocycles. The fraction of sp³-hybridized carbons (Fsp3) is 0.0455. The molecular weight excluding hydrogens is 617 g/mol. The molecule has 0 fully saturated rings. The lowest BCUT2D eigenvalue weighted by Crippen LogP contribution is -2.21. The smallest absolute Gasteiger partial charge is 0.136 e. The van der Waals surface area contributed by atoms with Crippen LogP contribution in [0.15, 0.2) is 132 Å². The highest BCUT2D eigenvalue weighted by molar-refractivity contribution is 6.27. The average Bonchev–Trinajstić information content (AvgIpc) is 3.91. The van der Waals surface area contributed by atoms with Crippen molar-refractivity contribution >= 4 is 60.7 Å². The fourth-order valence-electron chi connectivity index (χ4n) is 8.59. The number of furan rings is 1. The van der Waals surface area contributed by atoms with E-state index >= 15 is 0 Å². The SMILES string of the molecule is N#Cc1cc(-n2c3ccccc3c3c4c(ccc32)oc2ccccc24)c(C#N)cc1-n1c2c(c3ccccc31)C1c3ccccc3OC1C=C2. The molecule has 1 aliphatic heterocycles. The first-order valence-corrected chi connectivity index (χ1v) is 16.6. The van der Waals surface area contributed by atoms with Crippen molar-refractivity contribution in [2.75, 3.05) is 0 Å². The van der Waals surface area contributed by atoms with E-state index in [0.717, 1.165) is 71.7 Å². The van der Waals surface area contributed by atoms with Gasteiger partial charge in [0.1, 0.15) is 35.2 Å². The van der Waals surface area contributed by atoms with Gasteiger partial charge >= 0.3 is 0 Å². The van der Waals surface area contributed by atoms with E-state index in [0.29, 0.717) is 22.5 Å². The van der Waals surface area contributed by atoms with Crippen molar-refractivity contribution in [3.05, 3.63) is 155 Å². The first kappa shape index (κ1) is 27.0. The maximum Gasteiger partial charge on any atom is 0.136 e. The van der Waals surface area contributed by atoms with Crippen LogP contribution in [-0.4, -0.2) is 15.2 Å². The van der Waals surface area contributed by atoms with E-state index in [9.17, 15) is 10.5 Å². The topological polar surface area (TPSA) is 79.8 Å². The van der Waals surface area contributed by atoms with Gasteiger partial charge < -0.3 is 18.3 Å². The molecule has 4 heterocycles. The molecule has 9 aromatic rings. The molecule has 2 atom stereocenters. The molecular formula is C44H24N4O2. The zero-order chi connectivity index (χ0) is 33.1. The number of rotatable bonds is 2. The molecule has 0 spiro atoms.